The van der Waals surface area contributed by atoms with Crippen molar-refractivity contribution in [1.29, 1.82) is 0 Å². The Morgan fingerprint density at radius 2 is 1.70 bits per heavy atom. The Kier molecular flexibility index (Phi) is 13.0. The van der Waals surface area contributed by atoms with E-state index in [0.717, 1.165) is 0 Å². The van der Waals surface area contributed by atoms with Crippen LogP contribution in [0.25, 0.3) is 27.2 Å². The number of hydrogen-bond donors (Lipinski definition) is 4. The Labute approximate surface area is 381 Å². The molecule has 0 radical (unpaired) electrons. The molecular weight excluding hydrogens is 893 g/mol. The molecule has 0 saturated carbocycles. The molecular formula is C44H50N10O10S2. The molecule has 0 bridgehead atoms. The van der Waals surface area contributed by atoms with Crippen LogP contribution in [0.4, 0.5) is 5.69 Å². The highest BCUT2D eigenvalue weighted by molar-refractivity contribution is 7.86. The molecule has 3 aliphatic rings. The zero-order chi connectivity index (χ0) is 47.9. The molecule has 348 valence electrons. The molecule has 66 heavy (non-hydrogen) atoms. The molecule has 0 spiro atoms. The molecule has 3 aliphatic heterocycles. The highest BCUT2D eigenvalue weighted by Crippen LogP contribution is 2.46. The number of aromatic carboxylic acids is 1. The van der Waals surface area contributed by atoms with Gasteiger partial charge in [-0.25, -0.2) is 17.8 Å². The summed E-state index contributed by atoms with van der Waals surface area (Å²) < 4.78 is 81.8. The van der Waals surface area contributed by atoms with Gasteiger partial charge in [-0.15, -0.1) is 5.10 Å². The number of carboxylic acids is 1. The average Bonchev–Trinajstić information content (AvgIpc) is 3.68. The number of carbonyl (C=O) groups excluding carboxylic acids is 1. The van der Waals surface area contributed by atoms with Gasteiger partial charge >= 0.3 is 5.97 Å². The van der Waals surface area contributed by atoms with Crippen molar-refractivity contribution in [2.24, 2.45) is 5.11 Å². The van der Waals surface area contributed by atoms with Crippen LogP contribution in [-0.2, 0) is 33.3 Å². The number of nitrogens with one attached hydrogen (secondary N) is 2. The van der Waals surface area contributed by atoms with Gasteiger partial charge in [0.05, 0.1) is 44.3 Å². The Morgan fingerprint density at radius 3 is 2.39 bits per heavy atom. The van der Waals surface area contributed by atoms with Crippen molar-refractivity contribution in [2.75, 3.05) is 50.1 Å². The van der Waals surface area contributed by atoms with Crippen LogP contribution in [-0.4, -0.2) is 114 Å². The van der Waals surface area contributed by atoms with Crippen LogP contribution >= 0.6 is 0 Å². The highest BCUT2D eigenvalue weighted by Gasteiger charge is 2.37. The summed E-state index contributed by atoms with van der Waals surface area (Å²) in [4.78, 5) is 31.5. The number of aromatic nitrogens is 3. The standard InChI is InChI=1S/C44H50N10O10S2/c1-43(2)20-27(24-65(58,59)60)31-16-34-38(18-36(31)52(43)5)64-39-19-37-32(28(25-66(61,62)63)21-44(3,4)53(37)6)17-35(39)40(34)30-10-9-26(15-33(30)42(56)57)41(55)47-12-8-14-54-23-29(49-51-54)22-46-11-7-13-48-50-45/h9-10,15-21,23,46H,7-8,11-14,22,24-25H2,1-6H3,(H3-,47,55,56,57,58,59,60,61,62,63). The molecule has 1 amide bonds. The van der Waals surface area contributed by atoms with E-state index >= 15 is 0 Å². The fraction of sp³-hybridized carbons (Fsp3) is 0.386. The minimum absolute atomic E-state index is 0.0617. The summed E-state index contributed by atoms with van der Waals surface area (Å²) in [7, 11) is -5.64. The second-order valence-electron chi connectivity index (χ2n) is 17.5. The lowest BCUT2D eigenvalue weighted by Crippen LogP contribution is -2.47. The summed E-state index contributed by atoms with van der Waals surface area (Å²) in [5.74, 6) is -2.84. The number of anilines is 1. The minimum Gasteiger partial charge on any atom is -0.748 e. The van der Waals surface area contributed by atoms with Crippen molar-refractivity contribution < 1.29 is 45.4 Å². The van der Waals surface area contributed by atoms with E-state index in [1.165, 1.54) is 18.2 Å². The van der Waals surface area contributed by atoms with Gasteiger partial charge in [-0.3, -0.25) is 14.0 Å². The van der Waals surface area contributed by atoms with Crippen LogP contribution in [0.5, 0.6) is 11.5 Å². The number of likely N-dealkylation sites (N-methyl/N-ethyl adjacent to an activating group) is 2. The van der Waals surface area contributed by atoms with Gasteiger partial charge in [0.1, 0.15) is 24.3 Å². The number of fused-ring (bicyclic) bond motifs is 4. The van der Waals surface area contributed by atoms with Crippen LogP contribution in [0.2, 0.25) is 0 Å². The van der Waals surface area contributed by atoms with E-state index in [2.05, 4.69) is 31.0 Å². The summed E-state index contributed by atoms with van der Waals surface area (Å²) in [5.41, 5.74) is 10.2. The first kappa shape index (κ1) is 47.5. The Morgan fingerprint density at radius 1 is 0.955 bits per heavy atom. The van der Waals surface area contributed by atoms with E-state index < -0.39 is 54.7 Å². The summed E-state index contributed by atoms with van der Waals surface area (Å²) in [6.07, 6.45) is 6.38. The highest BCUT2D eigenvalue weighted by atomic mass is 32.2. The molecule has 0 atom stereocenters. The first-order valence-electron chi connectivity index (χ1n) is 20.9. The number of azide groups is 1. The van der Waals surface area contributed by atoms with Crippen molar-refractivity contribution in [2.45, 2.75) is 64.7 Å². The Hall–Kier alpha value is -6.42. The zero-order valence-corrected chi connectivity index (χ0v) is 38.8. The van der Waals surface area contributed by atoms with Crippen LogP contribution in [0.3, 0.4) is 0 Å². The van der Waals surface area contributed by atoms with E-state index in [4.69, 9.17) is 10.3 Å². The normalized spacial score (nSPS) is 15.8. The summed E-state index contributed by atoms with van der Waals surface area (Å²) in [6.45, 7) is 9.67. The maximum absolute atomic E-state index is 13.6. The van der Waals surface area contributed by atoms with E-state index in [0.29, 0.717) is 94.6 Å². The van der Waals surface area contributed by atoms with Gasteiger partial charge in [0.2, 0.25) is 5.36 Å². The lowest BCUT2D eigenvalue weighted by atomic mass is 9.83. The number of benzene rings is 3. The van der Waals surface area contributed by atoms with Crippen molar-refractivity contribution in [1.82, 2.24) is 30.2 Å². The molecule has 3 aromatic carbocycles. The number of aryl methyl sites for hydroxylation is 1. The largest absolute Gasteiger partial charge is 0.748 e. The monoisotopic (exact) mass is 942 g/mol. The number of hydrogen-bond acceptors (Lipinski definition) is 13. The van der Waals surface area contributed by atoms with Crippen LogP contribution < -0.4 is 35.4 Å². The molecule has 7 rings (SSSR count). The number of rotatable bonds is 17. The molecule has 1 aromatic heterocycles. The van der Waals surface area contributed by atoms with Gasteiger partial charge in [-0.2, -0.15) is 8.42 Å². The number of nitrogens with zero attached hydrogens (tertiary/aromatic N) is 8. The molecule has 20 nitrogen and oxygen atoms in total. The quantitative estimate of drug-likeness (QED) is 0.0260. The molecule has 4 N–H and O–H groups in total. The average molecular weight is 943 g/mol. The first-order valence-corrected chi connectivity index (χ1v) is 24.1. The predicted octanol–water partition coefficient (Wildman–Crippen LogP) is 3.28. The van der Waals surface area contributed by atoms with Crippen LogP contribution in [0, 0.1) is 0 Å². The molecule has 4 heterocycles. The maximum Gasteiger partial charge on any atom is 0.336 e. The van der Waals surface area contributed by atoms with Crippen molar-refractivity contribution in [3.63, 3.8) is 0 Å². The van der Waals surface area contributed by atoms with Crippen molar-refractivity contribution >= 4 is 54.5 Å². The van der Waals surface area contributed by atoms with E-state index in [1.807, 2.05) is 51.3 Å². The third kappa shape index (κ3) is 10.2. The Bertz CT molecular complexity index is 3150. The number of amides is 1. The second kappa shape index (κ2) is 18.1. The van der Waals surface area contributed by atoms with Gasteiger partial charge in [0.25, 0.3) is 16.0 Å². The first-order chi connectivity index (χ1) is 31.0. The van der Waals surface area contributed by atoms with Gasteiger partial charge < -0.3 is 29.9 Å². The molecule has 22 heteroatoms. The predicted molar refractivity (Wildman–Crippen MR) is 245 cm³/mol. The van der Waals surface area contributed by atoms with Gasteiger partial charge in [-0.05, 0) is 85.8 Å². The zero-order valence-electron chi connectivity index (χ0n) is 37.2. The van der Waals surface area contributed by atoms with Crippen molar-refractivity contribution in [3.8, 4) is 11.5 Å². The van der Waals surface area contributed by atoms with Gasteiger partial charge in [0, 0.05) is 97.4 Å². The summed E-state index contributed by atoms with van der Waals surface area (Å²) >= 11 is 0. The van der Waals surface area contributed by atoms with Crippen LogP contribution in [0.1, 0.15) is 89.2 Å². The lowest BCUT2D eigenvalue weighted by molar-refractivity contribution is 0.0696. The smallest absolute Gasteiger partial charge is 0.336 e. The van der Waals surface area contributed by atoms with E-state index in [1.54, 1.807) is 47.3 Å². The Balaban J connectivity index is 1.30. The minimum atomic E-state index is -4.77. The van der Waals surface area contributed by atoms with Gasteiger partial charge in [-0.1, -0.05) is 22.5 Å². The SMILES string of the molecule is CN1c2cc3c(cc2C(CS(=O)(=O)[O-])=CC1(C)C)C(c1ccc(C(=O)NCCCn2cc(CNCCCN=[N+]=[N-])nn2)cc1C(=O)O)=c1cc2c(cc1O3)=[N+](C)C(C)(C)C=C2CS(=O)(=O)O. The molecule has 0 saturated heterocycles. The summed E-state index contributed by atoms with van der Waals surface area (Å²) in [6, 6.07) is 11.0. The van der Waals surface area contributed by atoms with Gasteiger partial charge in [0.15, 0.2) is 5.54 Å². The molecule has 4 aromatic rings. The van der Waals surface area contributed by atoms with E-state index in [9.17, 15) is 40.6 Å². The van der Waals surface area contributed by atoms with Crippen LogP contribution in [0.15, 0.2) is 65.9 Å². The fourth-order valence-corrected chi connectivity index (χ4v) is 9.71. The molecule has 0 fully saturated rings. The molecule has 0 unspecified atom stereocenters. The number of carbonyl (C=O) groups is 2. The van der Waals surface area contributed by atoms with Crippen molar-refractivity contribution in [3.05, 3.63) is 121 Å². The third-order valence-electron chi connectivity index (χ3n) is 12.0. The van der Waals surface area contributed by atoms with E-state index in [-0.39, 0.29) is 34.6 Å². The number of ether oxygens (including phenoxy) is 1. The topological polar surface area (TPSA) is 285 Å². The second-order valence-corrected chi connectivity index (χ2v) is 20.4. The number of carboxylic acid groups (broad SMARTS) is 1. The lowest BCUT2D eigenvalue weighted by Gasteiger charge is -2.42. The maximum atomic E-state index is 13.6. The summed E-state index contributed by atoms with van der Waals surface area (Å²) in [5, 5.41) is 29.5. The molecule has 0 aliphatic carbocycles. The third-order valence-corrected chi connectivity index (χ3v) is 13.4. The fourth-order valence-electron chi connectivity index (χ4n) is 8.46.